The van der Waals surface area contributed by atoms with Gasteiger partial charge in [-0.2, -0.15) is 0 Å². The minimum absolute atomic E-state index is 0.131. The molecule has 0 aromatic heterocycles. The molecular weight excluding hydrogens is 300 g/mol. The molecule has 1 aliphatic rings. The van der Waals surface area contributed by atoms with Crippen LogP contribution in [-0.2, 0) is 21.2 Å². The molecule has 1 fully saturated rings. The first kappa shape index (κ1) is 17.4. The highest BCUT2D eigenvalue weighted by molar-refractivity contribution is 7.89. The topological polar surface area (TPSA) is 58.6 Å². The SMILES string of the molecule is CC1(C)CN(CCNS(=O)(=O)CCc2ccccc2)CCO1. The Labute approximate surface area is 133 Å². The predicted molar refractivity (Wildman–Crippen MR) is 88.4 cm³/mol. The van der Waals surface area contributed by atoms with Crippen LogP contribution in [0.25, 0.3) is 0 Å². The fraction of sp³-hybridized carbons (Fsp3) is 0.625. The van der Waals surface area contributed by atoms with E-state index >= 15 is 0 Å². The normalized spacial score (nSPS) is 19.2. The summed E-state index contributed by atoms with van der Waals surface area (Å²) in [4.78, 5) is 2.24. The first-order valence-corrected chi connectivity index (χ1v) is 9.39. The number of nitrogens with one attached hydrogen (secondary N) is 1. The maximum Gasteiger partial charge on any atom is 0.211 e. The van der Waals surface area contributed by atoms with Crippen LogP contribution in [0.15, 0.2) is 30.3 Å². The third-order valence-electron chi connectivity index (χ3n) is 3.76. The summed E-state index contributed by atoms with van der Waals surface area (Å²) >= 11 is 0. The Bertz CT molecular complexity index is 558. The fourth-order valence-corrected chi connectivity index (χ4v) is 3.68. The average Bonchev–Trinajstić information content (AvgIpc) is 2.45. The van der Waals surface area contributed by atoms with Crippen LogP contribution in [0, 0.1) is 0 Å². The molecule has 22 heavy (non-hydrogen) atoms. The van der Waals surface area contributed by atoms with Crippen molar-refractivity contribution in [2.45, 2.75) is 25.9 Å². The number of rotatable bonds is 7. The van der Waals surface area contributed by atoms with Gasteiger partial charge in [-0.3, -0.25) is 4.90 Å². The molecule has 0 atom stereocenters. The van der Waals surface area contributed by atoms with E-state index in [-0.39, 0.29) is 11.4 Å². The Morgan fingerprint density at radius 2 is 2.00 bits per heavy atom. The van der Waals surface area contributed by atoms with Gasteiger partial charge in [-0.05, 0) is 25.8 Å². The number of aryl methyl sites for hydroxylation is 1. The van der Waals surface area contributed by atoms with E-state index in [0.29, 0.717) is 19.6 Å². The molecule has 1 saturated heterocycles. The smallest absolute Gasteiger partial charge is 0.211 e. The second kappa shape index (κ2) is 7.55. The Balaban J connectivity index is 1.71. The van der Waals surface area contributed by atoms with Crippen molar-refractivity contribution >= 4 is 10.0 Å². The molecule has 2 rings (SSSR count). The molecule has 5 nitrogen and oxygen atoms in total. The summed E-state index contributed by atoms with van der Waals surface area (Å²) in [5.41, 5.74) is 0.896. The van der Waals surface area contributed by atoms with Gasteiger partial charge in [-0.25, -0.2) is 13.1 Å². The van der Waals surface area contributed by atoms with E-state index in [4.69, 9.17) is 4.74 Å². The van der Waals surface area contributed by atoms with Crippen LogP contribution in [-0.4, -0.2) is 57.5 Å². The van der Waals surface area contributed by atoms with E-state index in [1.807, 2.05) is 30.3 Å². The van der Waals surface area contributed by atoms with Crippen molar-refractivity contribution in [3.8, 4) is 0 Å². The first-order valence-electron chi connectivity index (χ1n) is 7.74. The average molecular weight is 326 g/mol. The molecule has 1 aliphatic heterocycles. The molecule has 0 bridgehead atoms. The number of hydrogen-bond donors (Lipinski definition) is 1. The molecule has 0 spiro atoms. The van der Waals surface area contributed by atoms with Gasteiger partial charge in [-0.1, -0.05) is 30.3 Å². The van der Waals surface area contributed by atoms with Crippen molar-refractivity contribution in [2.24, 2.45) is 0 Å². The maximum absolute atomic E-state index is 12.0. The fourth-order valence-electron chi connectivity index (χ4n) is 2.63. The lowest BCUT2D eigenvalue weighted by Crippen LogP contribution is -2.50. The Kier molecular flexibility index (Phi) is 5.97. The zero-order chi connectivity index (χ0) is 16.1. The van der Waals surface area contributed by atoms with Crippen LogP contribution in [0.5, 0.6) is 0 Å². The molecule has 1 aromatic carbocycles. The highest BCUT2D eigenvalue weighted by atomic mass is 32.2. The molecule has 6 heteroatoms. The Morgan fingerprint density at radius 3 is 2.68 bits per heavy atom. The van der Waals surface area contributed by atoms with Crippen LogP contribution < -0.4 is 4.72 Å². The van der Waals surface area contributed by atoms with Crippen molar-refractivity contribution < 1.29 is 13.2 Å². The third-order valence-corrected chi connectivity index (χ3v) is 5.14. The summed E-state index contributed by atoms with van der Waals surface area (Å²) in [5, 5.41) is 0. The van der Waals surface area contributed by atoms with Crippen molar-refractivity contribution in [3.05, 3.63) is 35.9 Å². The quantitative estimate of drug-likeness (QED) is 0.819. The number of sulfonamides is 1. The van der Waals surface area contributed by atoms with Crippen molar-refractivity contribution in [1.29, 1.82) is 0 Å². The third kappa shape index (κ3) is 6.04. The molecule has 1 heterocycles. The summed E-state index contributed by atoms with van der Waals surface area (Å²) in [6.07, 6.45) is 0.542. The summed E-state index contributed by atoms with van der Waals surface area (Å²) in [6, 6.07) is 9.68. The van der Waals surface area contributed by atoms with Gasteiger partial charge in [0.05, 0.1) is 18.0 Å². The monoisotopic (exact) mass is 326 g/mol. The van der Waals surface area contributed by atoms with Gasteiger partial charge in [-0.15, -0.1) is 0 Å². The van der Waals surface area contributed by atoms with Crippen molar-refractivity contribution in [1.82, 2.24) is 9.62 Å². The van der Waals surface area contributed by atoms with E-state index in [2.05, 4.69) is 23.5 Å². The predicted octanol–water partition coefficient (Wildman–Crippen LogP) is 1.26. The van der Waals surface area contributed by atoms with Gasteiger partial charge >= 0.3 is 0 Å². The van der Waals surface area contributed by atoms with Crippen LogP contribution in [0.3, 0.4) is 0 Å². The zero-order valence-corrected chi connectivity index (χ0v) is 14.2. The van der Waals surface area contributed by atoms with Gasteiger partial charge in [0.1, 0.15) is 0 Å². The first-order chi connectivity index (χ1) is 10.4. The van der Waals surface area contributed by atoms with Gasteiger partial charge in [0.2, 0.25) is 10.0 Å². The molecular formula is C16H26N2O3S. The molecule has 0 radical (unpaired) electrons. The molecule has 1 aromatic rings. The minimum atomic E-state index is -3.22. The standard InChI is InChI=1S/C16H26N2O3S/c1-16(2)14-18(11-12-21-16)10-9-17-22(19,20)13-8-15-6-4-3-5-7-15/h3-7,17H,8-14H2,1-2H3. The number of hydrogen-bond acceptors (Lipinski definition) is 4. The van der Waals surface area contributed by atoms with E-state index < -0.39 is 10.0 Å². The van der Waals surface area contributed by atoms with Crippen LogP contribution in [0.2, 0.25) is 0 Å². The molecule has 124 valence electrons. The van der Waals surface area contributed by atoms with Gasteiger partial charge in [0.25, 0.3) is 0 Å². The zero-order valence-electron chi connectivity index (χ0n) is 13.4. The van der Waals surface area contributed by atoms with E-state index in [9.17, 15) is 8.42 Å². The molecule has 0 saturated carbocycles. The van der Waals surface area contributed by atoms with E-state index in [0.717, 1.165) is 25.2 Å². The second-order valence-electron chi connectivity index (χ2n) is 6.33. The number of ether oxygens (including phenoxy) is 1. The van der Waals surface area contributed by atoms with Crippen LogP contribution >= 0.6 is 0 Å². The minimum Gasteiger partial charge on any atom is -0.373 e. The number of benzene rings is 1. The summed E-state index contributed by atoms with van der Waals surface area (Å²) < 4.78 is 32.4. The second-order valence-corrected chi connectivity index (χ2v) is 8.26. The molecule has 0 amide bonds. The van der Waals surface area contributed by atoms with Crippen LogP contribution in [0.1, 0.15) is 19.4 Å². The highest BCUT2D eigenvalue weighted by Gasteiger charge is 2.26. The lowest BCUT2D eigenvalue weighted by molar-refractivity contribution is -0.0851. The maximum atomic E-state index is 12.0. The molecule has 0 unspecified atom stereocenters. The van der Waals surface area contributed by atoms with Gasteiger partial charge < -0.3 is 4.74 Å². The number of morpholine rings is 1. The van der Waals surface area contributed by atoms with Gasteiger partial charge in [0, 0.05) is 26.2 Å². The number of nitrogens with zero attached hydrogens (tertiary/aromatic N) is 1. The van der Waals surface area contributed by atoms with Gasteiger partial charge in [0.15, 0.2) is 0 Å². The summed E-state index contributed by atoms with van der Waals surface area (Å²) in [6.45, 7) is 7.68. The lowest BCUT2D eigenvalue weighted by Gasteiger charge is -2.38. The molecule has 1 N–H and O–H groups in total. The van der Waals surface area contributed by atoms with Crippen molar-refractivity contribution in [3.63, 3.8) is 0 Å². The van der Waals surface area contributed by atoms with Crippen LogP contribution in [0.4, 0.5) is 0 Å². The van der Waals surface area contributed by atoms with Crippen molar-refractivity contribution in [2.75, 3.05) is 38.5 Å². The Hall–Kier alpha value is -0.950. The van der Waals surface area contributed by atoms with E-state index in [1.54, 1.807) is 0 Å². The van der Waals surface area contributed by atoms with E-state index in [1.165, 1.54) is 0 Å². The summed E-state index contributed by atoms with van der Waals surface area (Å²) in [5.74, 6) is 0.131. The Morgan fingerprint density at radius 1 is 1.27 bits per heavy atom. The largest absolute Gasteiger partial charge is 0.373 e. The molecule has 0 aliphatic carbocycles. The lowest BCUT2D eigenvalue weighted by atomic mass is 10.1. The highest BCUT2D eigenvalue weighted by Crippen LogP contribution is 2.15. The summed E-state index contributed by atoms with van der Waals surface area (Å²) in [7, 11) is -3.22.